The zero-order chi connectivity index (χ0) is 17.9. The number of rotatable bonds is 2. The van der Waals surface area contributed by atoms with Gasteiger partial charge in [-0.2, -0.15) is 0 Å². The van der Waals surface area contributed by atoms with Gasteiger partial charge in [0.25, 0.3) is 5.91 Å². The summed E-state index contributed by atoms with van der Waals surface area (Å²) in [4.78, 5) is 25.9. The van der Waals surface area contributed by atoms with E-state index in [-0.39, 0.29) is 11.5 Å². The molecule has 4 rings (SSSR count). The Kier molecular flexibility index (Phi) is 4.82. The molecule has 0 aliphatic carbocycles. The molecule has 3 heterocycles. The number of benzene rings is 1. The zero-order valence-electron chi connectivity index (χ0n) is 14.8. The standard InChI is InChI=1S/C20H23FN4O/c21-17-7-3-2-6-15(17)20(26)25-12-8-16-18(9-13-25)22-14-23-19(16)24-10-4-1-5-11-24/h2-3,6-7,14H,1,4-5,8-13H2. The molecule has 1 amide bonds. The van der Waals surface area contributed by atoms with Gasteiger partial charge >= 0.3 is 0 Å². The molecule has 2 aliphatic rings. The first-order chi connectivity index (χ1) is 12.7. The van der Waals surface area contributed by atoms with Gasteiger partial charge < -0.3 is 9.80 Å². The summed E-state index contributed by atoms with van der Waals surface area (Å²) in [5.41, 5.74) is 2.31. The number of hydrogen-bond donors (Lipinski definition) is 0. The molecule has 0 spiro atoms. The summed E-state index contributed by atoms with van der Waals surface area (Å²) in [5.74, 6) is 0.311. The third-order valence-corrected chi connectivity index (χ3v) is 5.31. The summed E-state index contributed by atoms with van der Waals surface area (Å²) in [5, 5.41) is 0. The molecule has 0 radical (unpaired) electrons. The molecule has 6 heteroatoms. The molecule has 1 saturated heterocycles. The molecular formula is C20H23FN4O. The summed E-state index contributed by atoms with van der Waals surface area (Å²) in [6.07, 6.45) is 6.68. The Labute approximate surface area is 152 Å². The van der Waals surface area contributed by atoms with Crippen molar-refractivity contribution >= 4 is 11.7 Å². The fraction of sp³-hybridized carbons (Fsp3) is 0.450. The van der Waals surface area contributed by atoms with Crippen LogP contribution in [-0.2, 0) is 12.8 Å². The van der Waals surface area contributed by atoms with Crippen molar-refractivity contribution in [2.75, 3.05) is 31.1 Å². The average Bonchev–Trinajstić information content (AvgIpc) is 2.91. The summed E-state index contributed by atoms with van der Waals surface area (Å²) in [6.45, 7) is 3.17. The highest BCUT2D eigenvalue weighted by atomic mass is 19.1. The van der Waals surface area contributed by atoms with Gasteiger partial charge in [0, 0.05) is 38.2 Å². The predicted octanol–water partition coefficient (Wildman–Crippen LogP) is 2.85. The molecule has 1 fully saturated rings. The second-order valence-corrected chi connectivity index (χ2v) is 6.94. The van der Waals surface area contributed by atoms with E-state index in [1.807, 2.05) is 0 Å². The normalized spacial score (nSPS) is 17.6. The minimum absolute atomic E-state index is 0.140. The van der Waals surface area contributed by atoms with Crippen LogP contribution in [0.25, 0.3) is 0 Å². The molecule has 0 bridgehead atoms. The van der Waals surface area contributed by atoms with Crippen LogP contribution < -0.4 is 4.90 Å². The third-order valence-electron chi connectivity index (χ3n) is 5.31. The zero-order valence-corrected chi connectivity index (χ0v) is 14.8. The maximum absolute atomic E-state index is 14.0. The third kappa shape index (κ3) is 3.28. The Morgan fingerprint density at radius 2 is 1.73 bits per heavy atom. The second-order valence-electron chi connectivity index (χ2n) is 6.94. The molecule has 1 aromatic heterocycles. The fourth-order valence-corrected chi connectivity index (χ4v) is 3.90. The number of piperidine rings is 1. The Bertz CT molecular complexity index is 804. The molecule has 0 unspecified atom stereocenters. The van der Waals surface area contributed by atoms with Crippen molar-refractivity contribution in [1.29, 1.82) is 0 Å². The highest BCUT2D eigenvalue weighted by Gasteiger charge is 2.26. The number of carbonyl (C=O) groups excluding carboxylic acids is 1. The van der Waals surface area contributed by atoms with E-state index < -0.39 is 5.82 Å². The predicted molar refractivity (Wildman–Crippen MR) is 97.8 cm³/mol. The highest BCUT2D eigenvalue weighted by molar-refractivity contribution is 5.94. The monoisotopic (exact) mass is 354 g/mol. The van der Waals surface area contributed by atoms with Gasteiger partial charge in [0.2, 0.25) is 0 Å². The molecule has 0 N–H and O–H groups in total. The molecule has 136 valence electrons. The molecular weight excluding hydrogens is 331 g/mol. The Hall–Kier alpha value is -2.50. The first-order valence-electron chi connectivity index (χ1n) is 9.35. The van der Waals surface area contributed by atoms with Crippen LogP contribution in [0.1, 0.15) is 40.9 Å². The number of fused-ring (bicyclic) bond motifs is 1. The van der Waals surface area contributed by atoms with Gasteiger partial charge in [-0.3, -0.25) is 4.79 Å². The molecule has 2 aromatic rings. The van der Waals surface area contributed by atoms with Gasteiger partial charge in [-0.15, -0.1) is 0 Å². The lowest BCUT2D eigenvalue weighted by atomic mass is 10.1. The minimum Gasteiger partial charge on any atom is -0.356 e. The molecule has 0 saturated carbocycles. The number of halogens is 1. The van der Waals surface area contributed by atoms with Crippen LogP contribution >= 0.6 is 0 Å². The molecule has 2 aliphatic heterocycles. The van der Waals surface area contributed by atoms with Crippen LogP contribution in [0.3, 0.4) is 0 Å². The van der Waals surface area contributed by atoms with Gasteiger partial charge in [-0.25, -0.2) is 14.4 Å². The number of nitrogens with zero attached hydrogens (tertiary/aromatic N) is 4. The van der Waals surface area contributed by atoms with E-state index in [1.165, 1.54) is 25.3 Å². The number of aromatic nitrogens is 2. The topological polar surface area (TPSA) is 49.3 Å². The van der Waals surface area contributed by atoms with Crippen LogP contribution in [-0.4, -0.2) is 47.0 Å². The van der Waals surface area contributed by atoms with Crippen molar-refractivity contribution < 1.29 is 9.18 Å². The van der Waals surface area contributed by atoms with E-state index in [1.54, 1.807) is 29.4 Å². The first-order valence-corrected chi connectivity index (χ1v) is 9.35. The second kappa shape index (κ2) is 7.40. The summed E-state index contributed by atoms with van der Waals surface area (Å²) >= 11 is 0. The molecule has 1 aromatic carbocycles. The van der Waals surface area contributed by atoms with Gasteiger partial charge in [-0.05, 0) is 37.8 Å². The van der Waals surface area contributed by atoms with Crippen molar-refractivity contribution in [1.82, 2.24) is 14.9 Å². The Morgan fingerprint density at radius 3 is 2.54 bits per heavy atom. The van der Waals surface area contributed by atoms with Crippen molar-refractivity contribution in [3.8, 4) is 0 Å². The van der Waals surface area contributed by atoms with E-state index in [0.717, 1.165) is 30.2 Å². The summed E-state index contributed by atoms with van der Waals surface area (Å²) in [7, 11) is 0. The first kappa shape index (κ1) is 16.9. The number of hydrogen-bond acceptors (Lipinski definition) is 4. The van der Waals surface area contributed by atoms with E-state index in [0.29, 0.717) is 25.9 Å². The quantitative estimate of drug-likeness (QED) is 0.832. The van der Waals surface area contributed by atoms with Crippen molar-refractivity contribution in [3.63, 3.8) is 0 Å². The molecule has 5 nitrogen and oxygen atoms in total. The van der Waals surface area contributed by atoms with Gasteiger partial charge in [0.1, 0.15) is 18.0 Å². The van der Waals surface area contributed by atoms with Crippen LogP contribution in [0.5, 0.6) is 0 Å². The SMILES string of the molecule is O=C(c1ccccc1F)N1CCc2ncnc(N3CCCCC3)c2CC1. The van der Waals surface area contributed by atoms with E-state index in [9.17, 15) is 9.18 Å². The number of carbonyl (C=O) groups is 1. The van der Waals surface area contributed by atoms with Crippen molar-refractivity contribution in [3.05, 3.63) is 53.2 Å². The molecule has 26 heavy (non-hydrogen) atoms. The average molecular weight is 354 g/mol. The largest absolute Gasteiger partial charge is 0.356 e. The van der Waals surface area contributed by atoms with E-state index in [4.69, 9.17) is 0 Å². The lowest BCUT2D eigenvalue weighted by molar-refractivity contribution is 0.0758. The lowest BCUT2D eigenvalue weighted by Crippen LogP contribution is -2.34. The van der Waals surface area contributed by atoms with Crippen LogP contribution in [0, 0.1) is 5.82 Å². The number of amides is 1. The highest BCUT2D eigenvalue weighted by Crippen LogP contribution is 2.26. The molecule has 0 atom stereocenters. The van der Waals surface area contributed by atoms with Crippen LogP contribution in [0.4, 0.5) is 10.2 Å². The summed E-state index contributed by atoms with van der Waals surface area (Å²) in [6, 6.07) is 6.18. The Balaban J connectivity index is 1.56. The van der Waals surface area contributed by atoms with Crippen molar-refractivity contribution in [2.45, 2.75) is 32.1 Å². The van der Waals surface area contributed by atoms with Gasteiger partial charge in [-0.1, -0.05) is 12.1 Å². The van der Waals surface area contributed by atoms with Gasteiger partial charge in [0.15, 0.2) is 0 Å². The smallest absolute Gasteiger partial charge is 0.256 e. The van der Waals surface area contributed by atoms with Crippen LogP contribution in [0.2, 0.25) is 0 Å². The van der Waals surface area contributed by atoms with E-state index in [2.05, 4.69) is 14.9 Å². The fourth-order valence-electron chi connectivity index (χ4n) is 3.90. The summed E-state index contributed by atoms with van der Waals surface area (Å²) < 4.78 is 14.0. The Morgan fingerprint density at radius 1 is 0.962 bits per heavy atom. The maximum Gasteiger partial charge on any atom is 0.256 e. The van der Waals surface area contributed by atoms with Gasteiger partial charge in [0.05, 0.1) is 11.3 Å². The van der Waals surface area contributed by atoms with Crippen molar-refractivity contribution in [2.24, 2.45) is 0 Å². The maximum atomic E-state index is 14.0. The van der Waals surface area contributed by atoms with E-state index >= 15 is 0 Å². The van der Waals surface area contributed by atoms with Crippen LogP contribution in [0.15, 0.2) is 30.6 Å². The minimum atomic E-state index is -0.465. The lowest BCUT2D eigenvalue weighted by Gasteiger charge is -2.29. The number of anilines is 1.